The predicted octanol–water partition coefficient (Wildman–Crippen LogP) is 2.32. The SMILES string of the molecule is CCC1C2OC(C)(C)C3CC3C2OC12CNC(C)(C)OC2. The Morgan fingerprint density at radius 3 is 2.48 bits per heavy atom. The van der Waals surface area contributed by atoms with Crippen molar-refractivity contribution in [3.8, 4) is 0 Å². The first-order chi connectivity index (χ1) is 9.78. The van der Waals surface area contributed by atoms with E-state index in [1.807, 2.05) is 0 Å². The molecule has 0 bridgehead atoms. The molecule has 6 unspecified atom stereocenters. The quantitative estimate of drug-likeness (QED) is 0.806. The summed E-state index contributed by atoms with van der Waals surface area (Å²) in [4.78, 5) is 0. The lowest BCUT2D eigenvalue weighted by Crippen LogP contribution is -2.62. The fourth-order valence-electron chi connectivity index (χ4n) is 4.93. The molecule has 1 N–H and O–H groups in total. The normalized spacial score (nSPS) is 53.3. The third-order valence-electron chi connectivity index (χ3n) is 6.29. The van der Waals surface area contributed by atoms with E-state index in [0.717, 1.165) is 13.0 Å². The second kappa shape index (κ2) is 4.22. The van der Waals surface area contributed by atoms with Crippen LogP contribution in [0.3, 0.4) is 0 Å². The van der Waals surface area contributed by atoms with Crippen molar-refractivity contribution >= 4 is 0 Å². The molecule has 1 aliphatic carbocycles. The lowest BCUT2D eigenvalue weighted by atomic mass is 9.79. The number of fused-ring (bicyclic) bond motifs is 3. The lowest BCUT2D eigenvalue weighted by molar-refractivity contribution is -0.194. The molecule has 3 saturated heterocycles. The highest BCUT2D eigenvalue weighted by Crippen LogP contribution is 2.61. The van der Waals surface area contributed by atoms with Crippen molar-refractivity contribution in [1.29, 1.82) is 0 Å². The Morgan fingerprint density at radius 2 is 1.86 bits per heavy atom. The van der Waals surface area contributed by atoms with Gasteiger partial charge in [-0.25, -0.2) is 0 Å². The number of rotatable bonds is 1. The fourth-order valence-corrected chi connectivity index (χ4v) is 4.93. The highest BCUT2D eigenvalue weighted by atomic mass is 16.6. The van der Waals surface area contributed by atoms with E-state index >= 15 is 0 Å². The van der Waals surface area contributed by atoms with Gasteiger partial charge in [-0.15, -0.1) is 0 Å². The minimum absolute atomic E-state index is 0.0103. The molecule has 4 heteroatoms. The summed E-state index contributed by atoms with van der Waals surface area (Å²) < 4.78 is 19.2. The molecule has 4 rings (SSSR count). The van der Waals surface area contributed by atoms with Crippen LogP contribution >= 0.6 is 0 Å². The van der Waals surface area contributed by atoms with Gasteiger partial charge in [0.2, 0.25) is 0 Å². The molecule has 120 valence electrons. The van der Waals surface area contributed by atoms with E-state index in [1.54, 1.807) is 0 Å². The van der Waals surface area contributed by atoms with Crippen LogP contribution in [0.4, 0.5) is 0 Å². The van der Waals surface area contributed by atoms with Crippen molar-refractivity contribution in [3.63, 3.8) is 0 Å². The lowest BCUT2D eigenvalue weighted by Gasteiger charge is -2.45. The van der Waals surface area contributed by atoms with Gasteiger partial charge in [0.25, 0.3) is 0 Å². The molecule has 0 aromatic rings. The van der Waals surface area contributed by atoms with E-state index in [4.69, 9.17) is 14.2 Å². The third kappa shape index (κ3) is 2.03. The van der Waals surface area contributed by atoms with Crippen LogP contribution in [-0.4, -0.2) is 42.3 Å². The number of hydrogen-bond acceptors (Lipinski definition) is 4. The molecular formula is C17H29NO3. The first-order valence-electron chi connectivity index (χ1n) is 8.53. The molecule has 0 amide bonds. The summed E-state index contributed by atoms with van der Waals surface area (Å²) in [5.41, 5.74) is -0.438. The minimum atomic E-state index is -0.247. The summed E-state index contributed by atoms with van der Waals surface area (Å²) in [6.07, 6.45) is 2.86. The molecule has 0 aromatic carbocycles. The van der Waals surface area contributed by atoms with E-state index in [9.17, 15) is 0 Å². The van der Waals surface area contributed by atoms with Gasteiger partial charge in [0.05, 0.1) is 24.4 Å². The first kappa shape index (κ1) is 14.4. The van der Waals surface area contributed by atoms with Crippen molar-refractivity contribution in [2.45, 2.75) is 76.6 Å². The topological polar surface area (TPSA) is 39.7 Å². The van der Waals surface area contributed by atoms with Crippen molar-refractivity contribution in [2.24, 2.45) is 17.8 Å². The minimum Gasteiger partial charge on any atom is -0.369 e. The maximum atomic E-state index is 6.63. The molecule has 6 atom stereocenters. The molecule has 3 aliphatic heterocycles. The summed E-state index contributed by atoms with van der Waals surface area (Å²) in [7, 11) is 0. The van der Waals surface area contributed by atoms with Gasteiger partial charge in [-0.05, 0) is 52.4 Å². The van der Waals surface area contributed by atoms with Crippen LogP contribution in [0.2, 0.25) is 0 Å². The first-order valence-corrected chi connectivity index (χ1v) is 8.53. The Kier molecular flexibility index (Phi) is 2.90. The average molecular weight is 295 g/mol. The van der Waals surface area contributed by atoms with Gasteiger partial charge in [0, 0.05) is 12.5 Å². The highest BCUT2D eigenvalue weighted by Gasteiger charge is 2.68. The monoisotopic (exact) mass is 295 g/mol. The molecule has 0 radical (unpaired) electrons. The van der Waals surface area contributed by atoms with Gasteiger partial charge < -0.3 is 14.2 Å². The Morgan fingerprint density at radius 1 is 1.10 bits per heavy atom. The number of hydrogen-bond donors (Lipinski definition) is 1. The van der Waals surface area contributed by atoms with Gasteiger partial charge in [-0.1, -0.05) is 6.92 Å². The van der Waals surface area contributed by atoms with E-state index in [-0.39, 0.29) is 29.1 Å². The molecule has 3 heterocycles. The summed E-state index contributed by atoms with van der Waals surface area (Å²) in [5, 5.41) is 3.51. The largest absolute Gasteiger partial charge is 0.369 e. The summed E-state index contributed by atoms with van der Waals surface area (Å²) in [5.74, 6) is 1.80. The van der Waals surface area contributed by atoms with Crippen molar-refractivity contribution in [3.05, 3.63) is 0 Å². The molecule has 4 nitrogen and oxygen atoms in total. The van der Waals surface area contributed by atoms with Crippen LogP contribution in [0.15, 0.2) is 0 Å². The molecule has 4 fully saturated rings. The second-order valence-electron chi connectivity index (χ2n) is 8.51. The van der Waals surface area contributed by atoms with E-state index in [2.05, 4.69) is 39.9 Å². The maximum absolute atomic E-state index is 6.63. The molecule has 21 heavy (non-hydrogen) atoms. The third-order valence-corrected chi connectivity index (χ3v) is 6.29. The highest BCUT2D eigenvalue weighted by molar-refractivity contribution is 5.15. The Hall–Kier alpha value is -0.160. The van der Waals surface area contributed by atoms with Gasteiger partial charge in [0.1, 0.15) is 11.3 Å². The summed E-state index contributed by atoms with van der Waals surface area (Å²) >= 11 is 0. The molecule has 1 spiro atoms. The number of ether oxygens (including phenoxy) is 3. The van der Waals surface area contributed by atoms with Crippen LogP contribution in [0.25, 0.3) is 0 Å². The van der Waals surface area contributed by atoms with Crippen LogP contribution in [-0.2, 0) is 14.2 Å². The van der Waals surface area contributed by atoms with Gasteiger partial charge in [-0.3, -0.25) is 5.32 Å². The zero-order valence-electron chi connectivity index (χ0n) is 13.9. The van der Waals surface area contributed by atoms with E-state index in [0.29, 0.717) is 24.4 Å². The van der Waals surface area contributed by atoms with E-state index < -0.39 is 0 Å². The number of nitrogens with one attached hydrogen (secondary N) is 1. The molecule has 1 saturated carbocycles. The van der Waals surface area contributed by atoms with Crippen LogP contribution < -0.4 is 5.32 Å². The maximum Gasteiger partial charge on any atom is 0.113 e. The average Bonchev–Trinajstić information content (AvgIpc) is 3.15. The zero-order chi connectivity index (χ0) is 15.0. The van der Waals surface area contributed by atoms with E-state index in [1.165, 1.54) is 6.42 Å². The van der Waals surface area contributed by atoms with Crippen LogP contribution in [0.5, 0.6) is 0 Å². The predicted molar refractivity (Wildman–Crippen MR) is 80.0 cm³/mol. The summed E-state index contributed by atoms with van der Waals surface area (Å²) in [6.45, 7) is 12.5. The zero-order valence-corrected chi connectivity index (χ0v) is 13.9. The standard InChI is InChI=1S/C17H29NO3/c1-6-11-14-13(10-7-12(10)15(2,3)20-14)21-17(11)8-18-16(4,5)19-9-17/h10-14,18H,6-9H2,1-5H3. The van der Waals surface area contributed by atoms with Crippen molar-refractivity contribution in [1.82, 2.24) is 5.32 Å². The van der Waals surface area contributed by atoms with Gasteiger partial charge >= 0.3 is 0 Å². The van der Waals surface area contributed by atoms with Gasteiger partial charge in [0.15, 0.2) is 0 Å². The van der Waals surface area contributed by atoms with Crippen LogP contribution in [0, 0.1) is 17.8 Å². The molecule has 0 aromatic heterocycles. The van der Waals surface area contributed by atoms with Crippen molar-refractivity contribution < 1.29 is 14.2 Å². The van der Waals surface area contributed by atoms with Crippen LogP contribution in [0.1, 0.15) is 47.5 Å². The fraction of sp³-hybridized carbons (Fsp3) is 1.00. The Labute approximate surface area is 127 Å². The smallest absolute Gasteiger partial charge is 0.113 e. The molecular weight excluding hydrogens is 266 g/mol. The van der Waals surface area contributed by atoms with Gasteiger partial charge in [-0.2, -0.15) is 0 Å². The Balaban J connectivity index is 1.61. The molecule has 4 aliphatic rings. The second-order valence-corrected chi connectivity index (χ2v) is 8.51. The Bertz CT molecular complexity index is 437. The summed E-state index contributed by atoms with van der Waals surface area (Å²) in [6, 6.07) is 0. The van der Waals surface area contributed by atoms with Crippen molar-refractivity contribution in [2.75, 3.05) is 13.2 Å².